The summed E-state index contributed by atoms with van der Waals surface area (Å²) in [6.45, 7) is 0. The van der Waals surface area contributed by atoms with Gasteiger partial charge >= 0.3 is 0 Å². The molecular formula is C15H11N3S. The van der Waals surface area contributed by atoms with Crippen LogP contribution in [0.4, 0.5) is 0 Å². The van der Waals surface area contributed by atoms with Gasteiger partial charge in [-0.3, -0.25) is 0 Å². The van der Waals surface area contributed by atoms with Crippen molar-refractivity contribution in [3.8, 4) is 6.07 Å². The molecule has 92 valence electrons. The molecule has 0 unspecified atom stereocenters. The largest absolute Gasteiger partial charge is 0.323 e. The molecule has 2 aromatic carbocycles. The quantitative estimate of drug-likeness (QED) is 0.588. The first kappa shape index (κ1) is 11.8. The van der Waals surface area contributed by atoms with Gasteiger partial charge in [0.1, 0.15) is 0 Å². The molecule has 0 aliphatic carbocycles. The number of fused-ring (bicyclic) bond motifs is 2. The minimum Gasteiger partial charge on any atom is -0.323 e. The average molecular weight is 265 g/mol. The number of hydrogen-bond acceptors (Lipinski definition) is 4. The van der Waals surface area contributed by atoms with Gasteiger partial charge < -0.3 is 5.84 Å². The Morgan fingerprint density at radius 2 is 1.89 bits per heavy atom. The molecule has 19 heavy (non-hydrogen) atoms. The number of nitriles is 1. The lowest BCUT2D eigenvalue weighted by Gasteiger charge is -2.06. The van der Waals surface area contributed by atoms with Gasteiger partial charge in [-0.25, -0.2) is 0 Å². The van der Waals surface area contributed by atoms with Crippen molar-refractivity contribution in [3.63, 3.8) is 0 Å². The molecule has 0 atom stereocenters. The maximum atomic E-state index is 9.23. The summed E-state index contributed by atoms with van der Waals surface area (Å²) in [6, 6.07) is 16.1. The summed E-state index contributed by atoms with van der Waals surface area (Å²) in [6.07, 6.45) is 0.597. The van der Waals surface area contributed by atoms with Crippen LogP contribution in [0.1, 0.15) is 16.7 Å². The van der Waals surface area contributed by atoms with E-state index in [9.17, 15) is 5.26 Å². The second-order valence-corrected chi connectivity index (χ2v) is 5.33. The molecule has 0 amide bonds. The second kappa shape index (κ2) is 4.79. The van der Waals surface area contributed by atoms with Crippen molar-refractivity contribution in [1.29, 1.82) is 5.26 Å². The van der Waals surface area contributed by atoms with E-state index in [0.717, 1.165) is 26.6 Å². The minimum atomic E-state index is 0.597. The zero-order valence-corrected chi connectivity index (χ0v) is 10.9. The first-order chi connectivity index (χ1) is 9.33. The number of hydrazone groups is 1. The van der Waals surface area contributed by atoms with Crippen molar-refractivity contribution in [2.45, 2.75) is 16.2 Å². The Labute approximate surface area is 115 Å². The number of benzene rings is 2. The summed E-state index contributed by atoms with van der Waals surface area (Å²) in [7, 11) is 0. The number of hydrogen-bond donors (Lipinski definition) is 1. The van der Waals surface area contributed by atoms with E-state index in [4.69, 9.17) is 5.84 Å². The summed E-state index contributed by atoms with van der Waals surface area (Å²) in [5.74, 6) is 5.53. The Kier molecular flexibility index (Phi) is 2.98. The van der Waals surface area contributed by atoms with Crippen LogP contribution in [0.15, 0.2) is 57.4 Å². The van der Waals surface area contributed by atoms with E-state index in [0.29, 0.717) is 12.0 Å². The zero-order valence-electron chi connectivity index (χ0n) is 10.1. The van der Waals surface area contributed by atoms with E-state index in [2.05, 4.69) is 17.2 Å². The van der Waals surface area contributed by atoms with E-state index < -0.39 is 0 Å². The molecule has 0 fully saturated rings. The van der Waals surface area contributed by atoms with Gasteiger partial charge in [-0.1, -0.05) is 36.0 Å². The molecule has 4 heteroatoms. The third-order valence-corrected chi connectivity index (χ3v) is 4.35. The summed E-state index contributed by atoms with van der Waals surface area (Å²) in [5, 5.41) is 13.1. The average Bonchev–Trinajstić information content (AvgIpc) is 2.62. The van der Waals surface area contributed by atoms with Crippen molar-refractivity contribution in [1.82, 2.24) is 0 Å². The third-order valence-electron chi connectivity index (χ3n) is 3.17. The first-order valence-corrected chi connectivity index (χ1v) is 6.71. The third kappa shape index (κ3) is 1.98. The molecule has 1 heterocycles. The molecule has 0 aromatic heterocycles. The van der Waals surface area contributed by atoms with Crippen LogP contribution in [0.3, 0.4) is 0 Å². The van der Waals surface area contributed by atoms with Crippen molar-refractivity contribution >= 4 is 17.5 Å². The molecule has 0 bridgehead atoms. The van der Waals surface area contributed by atoms with Gasteiger partial charge in [0.2, 0.25) is 0 Å². The van der Waals surface area contributed by atoms with Gasteiger partial charge in [-0.2, -0.15) is 10.4 Å². The van der Waals surface area contributed by atoms with Crippen molar-refractivity contribution in [2.24, 2.45) is 10.9 Å². The molecule has 0 radical (unpaired) electrons. The SMILES string of the molecule is N#Cc1cccc2c1CC(=NN)c1ccccc1S2. The smallest absolute Gasteiger partial charge is 0.0995 e. The minimum absolute atomic E-state index is 0.597. The summed E-state index contributed by atoms with van der Waals surface area (Å²) in [5.41, 5.74) is 3.58. The Balaban J connectivity index is 2.24. The predicted octanol–water partition coefficient (Wildman–Crippen LogP) is 2.93. The molecule has 2 N–H and O–H groups in total. The molecule has 3 rings (SSSR count). The Morgan fingerprint density at radius 3 is 2.68 bits per heavy atom. The van der Waals surface area contributed by atoms with E-state index in [-0.39, 0.29) is 0 Å². The standard InChI is InChI=1S/C15H11N3S/c16-9-10-4-3-7-15-12(10)8-13(18-17)11-5-1-2-6-14(11)19-15/h1-7H,8,17H2. The first-order valence-electron chi connectivity index (χ1n) is 5.89. The lowest BCUT2D eigenvalue weighted by atomic mass is 9.99. The molecule has 3 nitrogen and oxygen atoms in total. The second-order valence-electron chi connectivity index (χ2n) is 4.24. The Bertz CT molecular complexity index is 714. The van der Waals surface area contributed by atoms with Crippen LogP contribution < -0.4 is 5.84 Å². The van der Waals surface area contributed by atoms with Crippen molar-refractivity contribution < 1.29 is 0 Å². The van der Waals surface area contributed by atoms with E-state index >= 15 is 0 Å². The van der Waals surface area contributed by atoms with Crippen LogP contribution >= 0.6 is 11.8 Å². The maximum absolute atomic E-state index is 9.23. The Morgan fingerprint density at radius 1 is 1.11 bits per heavy atom. The van der Waals surface area contributed by atoms with Crippen LogP contribution in [0, 0.1) is 11.3 Å². The lowest BCUT2D eigenvalue weighted by Crippen LogP contribution is -2.09. The number of nitrogens with two attached hydrogens (primary N) is 1. The normalized spacial score (nSPS) is 15.2. The summed E-state index contributed by atoms with van der Waals surface area (Å²) in [4.78, 5) is 2.23. The highest BCUT2D eigenvalue weighted by atomic mass is 32.2. The lowest BCUT2D eigenvalue weighted by molar-refractivity contribution is 1.15. The monoisotopic (exact) mass is 265 g/mol. The molecule has 0 saturated carbocycles. The van der Waals surface area contributed by atoms with Gasteiger partial charge in [0.05, 0.1) is 17.3 Å². The number of rotatable bonds is 0. The van der Waals surface area contributed by atoms with E-state index in [1.807, 2.05) is 36.4 Å². The van der Waals surface area contributed by atoms with Crippen molar-refractivity contribution in [3.05, 3.63) is 59.2 Å². The topological polar surface area (TPSA) is 62.2 Å². The Hall–Kier alpha value is -2.25. The van der Waals surface area contributed by atoms with Gasteiger partial charge in [-0.15, -0.1) is 0 Å². The van der Waals surface area contributed by atoms with Crippen LogP contribution in [0.5, 0.6) is 0 Å². The van der Waals surface area contributed by atoms with Gasteiger partial charge in [0.15, 0.2) is 0 Å². The summed E-state index contributed by atoms with van der Waals surface area (Å²) < 4.78 is 0. The highest BCUT2D eigenvalue weighted by Gasteiger charge is 2.20. The van der Waals surface area contributed by atoms with Crippen LogP contribution in [0.25, 0.3) is 0 Å². The van der Waals surface area contributed by atoms with Crippen LogP contribution in [0.2, 0.25) is 0 Å². The van der Waals surface area contributed by atoms with Crippen LogP contribution in [-0.2, 0) is 6.42 Å². The highest BCUT2D eigenvalue weighted by Crippen LogP contribution is 2.38. The maximum Gasteiger partial charge on any atom is 0.0995 e. The molecular weight excluding hydrogens is 254 g/mol. The fourth-order valence-electron chi connectivity index (χ4n) is 2.24. The van der Waals surface area contributed by atoms with Gasteiger partial charge in [-0.05, 0) is 23.8 Å². The number of nitrogens with zero attached hydrogens (tertiary/aromatic N) is 2. The van der Waals surface area contributed by atoms with Gasteiger partial charge in [0.25, 0.3) is 0 Å². The molecule has 0 saturated heterocycles. The fraction of sp³-hybridized carbons (Fsp3) is 0.0667. The van der Waals surface area contributed by atoms with E-state index in [1.165, 1.54) is 0 Å². The van der Waals surface area contributed by atoms with Gasteiger partial charge in [0, 0.05) is 21.8 Å². The zero-order chi connectivity index (χ0) is 13.2. The van der Waals surface area contributed by atoms with Crippen molar-refractivity contribution in [2.75, 3.05) is 0 Å². The highest BCUT2D eigenvalue weighted by molar-refractivity contribution is 7.99. The van der Waals surface area contributed by atoms with E-state index in [1.54, 1.807) is 11.8 Å². The molecule has 1 aliphatic rings. The molecule has 2 aromatic rings. The summed E-state index contributed by atoms with van der Waals surface area (Å²) >= 11 is 1.66. The fourth-order valence-corrected chi connectivity index (χ4v) is 3.37. The molecule has 0 spiro atoms. The molecule has 1 aliphatic heterocycles. The predicted molar refractivity (Wildman–Crippen MR) is 76.2 cm³/mol. The van der Waals surface area contributed by atoms with Crippen LogP contribution in [-0.4, -0.2) is 5.71 Å².